The van der Waals surface area contributed by atoms with Gasteiger partial charge in [0.2, 0.25) is 0 Å². The van der Waals surface area contributed by atoms with E-state index in [0.29, 0.717) is 0 Å². The van der Waals surface area contributed by atoms with Crippen LogP contribution in [0.15, 0.2) is 11.6 Å². The van der Waals surface area contributed by atoms with Crippen molar-refractivity contribution in [3.63, 3.8) is 0 Å². The number of aromatic nitrogens is 2. The first-order chi connectivity index (χ1) is 8.63. The molecule has 5 heteroatoms. The second-order valence-electron chi connectivity index (χ2n) is 4.89. The number of fused-ring (bicyclic) bond motifs is 1. The number of nitrogens with zero attached hydrogens (tertiary/aromatic N) is 3. The minimum atomic E-state index is 0.156. The van der Waals surface area contributed by atoms with Crippen molar-refractivity contribution in [1.29, 1.82) is 0 Å². The molecule has 2 heterocycles. The lowest BCUT2D eigenvalue weighted by atomic mass is 10.2. The zero-order valence-electron chi connectivity index (χ0n) is 11.4. The highest BCUT2D eigenvalue weighted by molar-refractivity contribution is 7.15. The molecule has 0 bridgehead atoms. The van der Waals surface area contributed by atoms with Crippen LogP contribution in [0.4, 0.5) is 5.82 Å². The maximum atomic E-state index is 5.96. The standard InChI is InChI=1S/C13H22N4S/c1-4-5-6-16(3)12-11(9-10(2)14)17-7-8-18-13(17)15-12/h7-8,10H,4-6,9,14H2,1-3H3. The molecule has 0 radical (unpaired) electrons. The van der Waals surface area contributed by atoms with E-state index < -0.39 is 0 Å². The predicted octanol–water partition coefficient (Wildman–Crippen LogP) is 2.52. The Kier molecular flexibility index (Phi) is 4.24. The molecule has 0 aromatic carbocycles. The summed E-state index contributed by atoms with van der Waals surface area (Å²) in [6.45, 7) is 5.30. The van der Waals surface area contributed by atoms with Crippen LogP contribution in [0.2, 0.25) is 0 Å². The molecular weight excluding hydrogens is 244 g/mol. The van der Waals surface area contributed by atoms with Crippen molar-refractivity contribution in [2.75, 3.05) is 18.5 Å². The number of hydrogen-bond donors (Lipinski definition) is 1. The fourth-order valence-corrected chi connectivity index (χ4v) is 2.85. The Hall–Kier alpha value is -1.07. The van der Waals surface area contributed by atoms with Crippen LogP contribution in [-0.2, 0) is 6.42 Å². The molecule has 2 aromatic rings. The lowest BCUT2D eigenvalue weighted by Gasteiger charge is -2.18. The lowest BCUT2D eigenvalue weighted by molar-refractivity contribution is 0.707. The van der Waals surface area contributed by atoms with E-state index in [1.807, 2.05) is 6.92 Å². The number of nitrogens with two attached hydrogens (primary N) is 1. The monoisotopic (exact) mass is 266 g/mol. The summed E-state index contributed by atoms with van der Waals surface area (Å²) in [5.74, 6) is 1.09. The van der Waals surface area contributed by atoms with Crippen molar-refractivity contribution in [2.24, 2.45) is 5.73 Å². The smallest absolute Gasteiger partial charge is 0.195 e. The largest absolute Gasteiger partial charge is 0.358 e. The van der Waals surface area contributed by atoms with Crippen molar-refractivity contribution in [2.45, 2.75) is 39.2 Å². The Morgan fingerprint density at radius 3 is 3.00 bits per heavy atom. The Bertz CT molecular complexity index is 500. The first-order valence-corrected chi connectivity index (χ1v) is 7.42. The van der Waals surface area contributed by atoms with E-state index in [2.05, 4.69) is 34.8 Å². The molecule has 2 N–H and O–H groups in total. The van der Waals surface area contributed by atoms with Gasteiger partial charge in [-0.3, -0.25) is 4.40 Å². The van der Waals surface area contributed by atoms with E-state index in [1.165, 1.54) is 18.5 Å². The number of rotatable bonds is 6. The van der Waals surface area contributed by atoms with Crippen LogP contribution in [0.25, 0.3) is 4.96 Å². The summed E-state index contributed by atoms with van der Waals surface area (Å²) in [5, 5.41) is 2.07. The van der Waals surface area contributed by atoms with Crippen molar-refractivity contribution in [3.05, 3.63) is 17.3 Å². The Morgan fingerprint density at radius 1 is 1.56 bits per heavy atom. The summed E-state index contributed by atoms with van der Waals surface area (Å²) in [6.07, 6.45) is 5.35. The zero-order valence-corrected chi connectivity index (χ0v) is 12.2. The van der Waals surface area contributed by atoms with Gasteiger partial charge in [-0.2, -0.15) is 0 Å². The number of hydrogen-bond acceptors (Lipinski definition) is 4. The van der Waals surface area contributed by atoms with Gasteiger partial charge in [0, 0.05) is 37.6 Å². The van der Waals surface area contributed by atoms with Crippen molar-refractivity contribution in [3.8, 4) is 0 Å². The van der Waals surface area contributed by atoms with Gasteiger partial charge < -0.3 is 10.6 Å². The number of imidazole rings is 1. The molecule has 0 aliphatic carbocycles. The molecule has 0 saturated carbocycles. The van der Waals surface area contributed by atoms with Crippen LogP contribution in [0, 0.1) is 0 Å². The van der Waals surface area contributed by atoms with Crippen LogP contribution in [0.5, 0.6) is 0 Å². The number of anilines is 1. The summed E-state index contributed by atoms with van der Waals surface area (Å²) in [6, 6.07) is 0.156. The minimum absolute atomic E-state index is 0.156. The summed E-state index contributed by atoms with van der Waals surface area (Å²) < 4.78 is 2.17. The Labute approximate surface area is 112 Å². The fraction of sp³-hybridized carbons (Fsp3) is 0.615. The van der Waals surface area contributed by atoms with Crippen LogP contribution in [0.1, 0.15) is 32.4 Å². The maximum Gasteiger partial charge on any atom is 0.195 e. The average Bonchev–Trinajstić information content (AvgIpc) is 2.88. The van der Waals surface area contributed by atoms with Gasteiger partial charge in [0.05, 0.1) is 5.69 Å². The normalized spacial score (nSPS) is 13.1. The molecule has 0 amide bonds. The highest BCUT2D eigenvalue weighted by atomic mass is 32.1. The third-order valence-corrected chi connectivity index (χ3v) is 3.82. The second kappa shape index (κ2) is 5.71. The quantitative estimate of drug-likeness (QED) is 0.874. The summed E-state index contributed by atoms with van der Waals surface area (Å²) in [7, 11) is 2.12. The van der Waals surface area contributed by atoms with E-state index >= 15 is 0 Å². The van der Waals surface area contributed by atoms with Gasteiger partial charge in [0.25, 0.3) is 0 Å². The fourth-order valence-electron chi connectivity index (χ4n) is 2.12. The first kappa shape index (κ1) is 13.4. The summed E-state index contributed by atoms with van der Waals surface area (Å²) in [5.41, 5.74) is 7.19. The molecule has 0 aliphatic rings. The van der Waals surface area contributed by atoms with Gasteiger partial charge in [0.1, 0.15) is 0 Å². The van der Waals surface area contributed by atoms with Crippen LogP contribution in [0.3, 0.4) is 0 Å². The summed E-state index contributed by atoms with van der Waals surface area (Å²) in [4.78, 5) is 8.04. The topological polar surface area (TPSA) is 46.6 Å². The van der Waals surface area contributed by atoms with E-state index in [1.54, 1.807) is 11.3 Å². The molecule has 18 heavy (non-hydrogen) atoms. The van der Waals surface area contributed by atoms with Gasteiger partial charge in [-0.1, -0.05) is 13.3 Å². The third kappa shape index (κ3) is 2.67. The number of thiazole rings is 1. The van der Waals surface area contributed by atoms with Crippen LogP contribution in [-0.4, -0.2) is 29.0 Å². The highest BCUT2D eigenvalue weighted by Crippen LogP contribution is 2.25. The van der Waals surface area contributed by atoms with Crippen molar-refractivity contribution < 1.29 is 0 Å². The molecule has 0 fully saturated rings. The lowest BCUT2D eigenvalue weighted by Crippen LogP contribution is -2.24. The molecule has 100 valence electrons. The number of unbranched alkanes of at least 4 members (excludes halogenated alkanes) is 1. The van der Waals surface area contributed by atoms with Crippen LogP contribution >= 0.6 is 11.3 Å². The van der Waals surface area contributed by atoms with Crippen LogP contribution < -0.4 is 10.6 Å². The van der Waals surface area contributed by atoms with E-state index in [4.69, 9.17) is 10.7 Å². The van der Waals surface area contributed by atoms with Gasteiger partial charge in [-0.25, -0.2) is 4.98 Å². The molecule has 0 saturated heterocycles. The molecule has 0 spiro atoms. The Balaban J connectivity index is 2.32. The van der Waals surface area contributed by atoms with Gasteiger partial charge in [-0.15, -0.1) is 11.3 Å². The Morgan fingerprint density at radius 2 is 2.33 bits per heavy atom. The predicted molar refractivity (Wildman–Crippen MR) is 78.6 cm³/mol. The molecule has 0 aliphatic heterocycles. The maximum absolute atomic E-state index is 5.96. The first-order valence-electron chi connectivity index (χ1n) is 6.54. The average molecular weight is 266 g/mol. The molecule has 2 aromatic heterocycles. The SMILES string of the molecule is CCCCN(C)c1nc2sccn2c1CC(C)N. The van der Waals surface area contributed by atoms with Gasteiger partial charge >= 0.3 is 0 Å². The zero-order chi connectivity index (χ0) is 13.1. The van der Waals surface area contributed by atoms with Crippen molar-refractivity contribution >= 4 is 22.1 Å². The molecule has 1 unspecified atom stereocenters. The molecule has 2 rings (SSSR count). The van der Waals surface area contributed by atoms with E-state index in [9.17, 15) is 0 Å². The van der Waals surface area contributed by atoms with E-state index in [-0.39, 0.29) is 6.04 Å². The summed E-state index contributed by atoms with van der Waals surface area (Å²) >= 11 is 1.68. The van der Waals surface area contributed by atoms with Crippen molar-refractivity contribution in [1.82, 2.24) is 9.38 Å². The third-order valence-electron chi connectivity index (χ3n) is 3.06. The van der Waals surface area contributed by atoms with Gasteiger partial charge in [-0.05, 0) is 13.3 Å². The van der Waals surface area contributed by atoms with E-state index in [0.717, 1.165) is 23.7 Å². The molecule has 4 nitrogen and oxygen atoms in total. The molecular formula is C13H22N4S. The minimum Gasteiger partial charge on any atom is -0.358 e. The second-order valence-corrected chi connectivity index (χ2v) is 5.77. The molecule has 1 atom stereocenters. The highest BCUT2D eigenvalue weighted by Gasteiger charge is 2.17. The van der Waals surface area contributed by atoms with Gasteiger partial charge in [0.15, 0.2) is 10.8 Å².